The van der Waals surface area contributed by atoms with Crippen LogP contribution in [0.15, 0.2) is 0 Å². The third-order valence-corrected chi connectivity index (χ3v) is 19.3. The number of unbranched alkanes of at least 4 members (excludes halogenated alkanes) is 41. The lowest BCUT2D eigenvalue weighted by Gasteiger charge is -2.21. The van der Waals surface area contributed by atoms with Gasteiger partial charge in [0, 0.05) is 25.7 Å². The van der Waals surface area contributed by atoms with E-state index in [2.05, 4.69) is 48.5 Å². The molecule has 0 aromatic heterocycles. The molecule has 5 atom stereocenters. The normalized spacial score (nSPS) is 14.1. The van der Waals surface area contributed by atoms with E-state index in [0.717, 1.165) is 108 Å². The van der Waals surface area contributed by atoms with E-state index in [-0.39, 0.29) is 25.7 Å². The topological polar surface area (TPSA) is 237 Å². The second-order valence-electron chi connectivity index (χ2n) is 28.5. The lowest BCUT2D eigenvalue weighted by atomic mass is 10.0. The summed E-state index contributed by atoms with van der Waals surface area (Å²) in [6.07, 6.45) is 51.2. The van der Waals surface area contributed by atoms with Crippen molar-refractivity contribution in [3.8, 4) is 0 Å². The molecule has 0 bridgehead atoms. The summed E-state index contributed by atoms with van der Waals surface area (Å²) in [6, 6.07) is 0. The smallest absolute Gasteiger partial charge is 0.462 e. The van der Waals surface area contributed by atoms with Gasteiger partial charge < -0.3 is 33.8 Å². The molecule has 558 valence electrons. The molecule has 0 aliphatic heterocycles. The molecule has 3 N–H and O–H groups in total. The van der Waals surface area contributed by atoms with Crippen LogP contribution in [0.4, 0.5) is 0 Å². The molecular weight excluding hydrogens is 1230 g/mol. The van der Waals surface area contributed by atoms with Gasteiger partial charge >= 0.3 is 39.5 Å². The maximum Gasteiger partial charge on any atom is 0.472 e. The number of hydrogen-bond donors (Lipinski definition) is 3. The molecule has 0 amide bonds. The predicted octanol–water partition coefficient (Wildman–Crippen LogP) is 21.8. The molecule has 0 rings (SSSR count). The molecule has 0 radical (unpaired) electrons. The number of hydrogen-bond acceptors (Lipinski definition) is 15. The van der Waals surface area contributed by atoms with Crippen molar-refractivity contribution in [2.24, 2.45) is 17.8 Å². The van der Waals surface area contributed by atoms with Crippen LogP contribution in [0.5, 0.6) is 0 Å². The molecule has 0 aromatic carbocycles. The largest absolute Gasteiger partial charge is 0.472 e. The summed E-state index contributed by atoms with van der Waals surface area (Å²) in [7, 11) is -9.91. The summed E-state index contributed by atoms with van der Waals surface area (Å²) >= 11 is 0. The standard InChI is InChI=1S/C75H146O17P2/c1-8-9-10-11-12-13-18-28-35-42-49-56-72(77)85-62-71(92-75(80)59-52-45-38-31-24-22-27-34-41-48-55-68(6)7)65-90-94(83,84)88-61-69(76)60-87-93(81,82)89-64-70(63-86-73(78)57-50-43-36-29-23-21-26-33-40-47-54-67(4)5)91-74(79)58-51-44-37-30-20-17-15-14-16-19-25-32-39-46-53-66(2)3/h66-71,76H,8-65H2,1-7H3,(H,81,82)(H,83,84)/t69-,70-,71-/m1/s1. The fourth-order valence-corrected chi connectivity index (χ4v) is 13.0. The van der Waals surface area contributed by atoms with Crippen LogP contribution in [0.2, 0.25) is 0 Å². The summed E-state index contributed by atoms with van der Waals surface area (Å²) in [6.45, 7) is 11.9. The first kappa shape index (κ1) is 92.1. The van der Waals surface area contributed by atoms with Gasteiger partial charge in [0.05, 0.1) is 26.4 Å². The average Bonchev–Trinajstić information content (AvgIpc) is 1.24. The molecule has 0 aromatic rings. The number of esters is 4. The molecule has 0 fully saturated rings. The minimum atomic E-state index is -4.96. The lowest BCUT2D eigenvalue weighted by molar-refractivity contribution is -0.161. The van der Waals surface area contributed by atoms with Crippen molar-refractivity contribution >= 4 is 39.5 Å². The second kappa shape index (κ2) is 65.7. The van der Waals surface area contributed by atoms with E-state index in [9.17, 15) is 43.2 Å². The highest BCUT2D eigenvalue weighted by Gasteiger charge is 2.30. The molecular formula is C75H146O17P2. The first-order valence-electron chi connectivity index (χ1n) is 38.8. The van der Waals surface area contributed by atoms with Crippen LogP contribution in [0, 0.1) is 17.8 Å². The number of aliphatic hydroxyl groups is 1. The van der Waals surface area contributed by atoms with Gasteiger partial charge in [0.15, 0.2) is 12.2 Å². The first-order chi connectivity index (χ1) is 45.2. The van der Waals surface area contributed by atoms with Gasteiger partial charge in [-0.25, -0.2) is 9.13 Å². The predicted molar refractivity (Wildman–Crippen MR) is 381 cm³/mol. The lowest BCUT2D eigenvalue weighted by Crippen LogP contribution is -2.30. The van der Waals surface area contributed by atoms with Crippen molar-refractivity contribution in [2.75, 3.05) is 39.6 Å². The number of carbonyl (C=O) groups is 4. The van der Waals surface area contributed by atoms with Crippen molar-refractivity contribution < 1.29 is 80.2 Å². The Balaban J connectivity index is 5.26. The Bertz CT molecular complexity index is 1840. The van der Waals surface area contributed by atoms with Crippen LogP contribution in [0.25, 0.3) is 0 Å². The van der Waals surface area contributed by atoms with E-state index in [1.54, 1.807) is 0 Å². The van der Waals surface area contributed by atoms with Crippen LogP contribution in [0.1, 0.15) is 382 Å². The summed E-state index contributed by atoms with van der Waals surface area (Å²) in [5.74, 6) is 0.188. The third kappa shape index (κ3) is 68.6. The Morgan fingerprint density at radius 2 is 0.489 bits per heavy atom. The van der Waals surface area contributed by atoms with Gasteiger partial charge in [0.25, 0.3) is 0 Å². The fourth-order valence-electron chi connectivity index (χ4n) is 11.4. The Kier molecular flexibility index (Phi) is 64.3. The monoisotopic (exact) mass is 1380 g/mol. The van der Waals surface area contributed by atoms with Crippen LogP contribution in [-0.4, -0.2) is 96.7 Å². The van der Waals surface area contributed by atoms with Crippen molar-refractivity contribution in [1.82, 2.24) is 0 Å². The van der Waals surface area contributed by atoms with E-state index in [1.165, 1.54) is 193 Å². The first-order valence-corrected chi connectivity index (χ1v) is 41.8. The summed E-state index contributed by atoms with van der Waals surface area (Å²) < 4.78 is 68.5. The quantitative estimate of drug-likeness (QED) is 0.0222. The number of ether oxygens (including phenoxy) is 4. The number of phosphoric ester groups is 2. The van der Waals surface area contributed by atoms with Gasteiger partial charge in [-0.1, -0.05) is 331 Å². The van der Waals surface area contributed by atoms with Gasteiger partial charge in [-0.15, -0.1) is 0 Å². The Hall–Kier alpha value is -1.94. The van der Waals surface area contributed by atoms with Crippen molar-refractivity contribution in [3.63, 3.8) is 0 Å². The van der Waals surface area contributed by atoms with Gasteiger partial charge in [0.2, 0.25) is 0 Å². The summed E-state index contributed by atoms with van der Waals surface area (Å²) in [5.41, 5.74) is 0. The van der Waals surface area contributed by atoms with E-state index < -0.39 is 97.5 Å². The van der Waals surface area contributed by atoms with Crippen molar-refractivity contribution in [1.29, 1.82) is 0 Å². The Labute approximate surface area is 575 Å². The van der Waals surface area contributed by atoms with Gasteiger partial charge in [-0.05, 0) is 43.4 Å². The van der Waals surface area contributed by atoms with Crippen LogP contribution >= 0.6 is 15.6 Å². The molecule has 94 heavy (non-hydrogen) atoms. The number of carbonyl (C=O) groups excluding carboxylic acids is 4. The molecule has 2 unspecified atom stereocenters. The molecule has 0 saturated carbocycles. The SMILES string of the molecule is CCCCCCCCCCCCCC(=O)OC[C@H](COP(=O)(O)OC[C@H](O)COP(=O)(O)OC[C@@H](COC(=O)CCCCCCCCCCCCC(C)C)OC(=O)CCCCCCCCCCCCCCCCC(C)C)OC(=O)CCCCCCCCCCCCC(C)C. The zero-order valence-electron chi connectivity index (χ0n) is 61.4. The zero-order valence-corrected chi connectivity index (χ0v) is 63.2. The van der Waals surface area contributed by atoms with E-state index >= 15 is 0 Å². The zero-order chi connectivity index (χ0) is 69.4. The maximum atomic E-state index is 13.1. The van der Waals surface area contributed by atoms with Crippen LogP contribution in [0.3, 0.4) is 0 Å². The summed E-state index contributed by atoms with van der Waals surface area (Å²) in [5, 5.41) is 10.6. The minimum Gasteiger partial charge on any atom is -0.462 e. The van der Waals surface area contributed by atoms with Crippen LogP contribution < -0.4 is 0 Å². The molecule has 0 spiro atoms. The van der Waals surface area contributed by atoms with Gasteiger partial charge in [0.1, 0.15) is 19.3 Å². The van der Waals surface area contributed by atoms with Crippen LogP contribution in [-0.2, 0) is 65.4 Å². The van der Waals surface area contributed by atoms with Crippen molar-refractivity contribution in [2.45, 2.75) is 401 Å². The Morgan fingerprint density at radius 3 is 0.723 bits per heavy atom. The van der Waals surface area contributed by atoms with Crippen molar-refractivity contribution in [3.05, 3.63) is 0 Å². The molecule has 0 heterocycles. The van der Waals surface area contributed by atoms with E-state index in [0.29, 0.717) is 25.7 Å². The Morgan fingerprint density at radius 1 is 0.287 bits per heavy atom. The highest BCUT2D eigenvalue weighted by molar-refractivity contribution is 7.47. The maximum absolute atomic E-state index is 13.1. The fraction of sp³-hybridized carbons (Fsp3) is 0.947. The molecule has 0 aliphatic carbocycles. The van der Waals surface area contributed by atoms with Gasteiger partial charge in [-0.2, -0.15) is 0 Å². The minimum absolute atomic E-state index is 0.106. The van der Waals surface area contributed by atoms with E-state index in [4.69, 9.17) is 37.0 Å². The molecule has 0 aliphatic rings. The molecule has 17 nitrogen and oxygen atoms in total. The highest BCUT2D eigenvalue weighted by Crippen LogP contribution is 2.45. The summed E-state index contributed by atoms with van der Waals surface area (Å²) in [4.78, 5) is 72.8. The highest BCUT2D eigenvalue weighted by atomic mass is 31.2. The molecule has 0 saturated heterocycles. The third-order valence-electron chi connectivity index (χ3n) is 17.4. The van der Waals surface area contributed by atoms with E-state index in [1.807, 2.05) is 0 Å². The molecule has 19 heteroatoms. The number of rotatable bonds is 73. The number of aliphatic hydroxyl groups excluding tert-OH is 1. The number of phosphoric acid groups is 2. The average molecular weight is 1380 g/mol. The van der Waals surface area contributed by atoms with Gasteiger partial charge in [-0.3, -0.25) is 37.3 Å². The second-order valence-corrected chi connectivity index (χ2v) is 31.4.